The third kappa shape index (κ3) is 5.38. The normalized spacial score (nSPS) is 22.7. The highest BCUT2D eigenvalue weighted by molar-refractivity contribution is 8.00. The summed E-state index contributed by atoms with van der Waals surface area (Å²) < 4.78 is 13.4. The van der Waals surface area contributed by atoms with Gasteiger partial charge in [-0.05, 0) is 57.3 Å². The number of benzene rings is 1. The number of aliphatic imine (C=N–C) groups is 1. The van der Waals surface area contributed by atoms with E-state index in [1.165, 1.54) is 30.7 Å². The van der Waals surface area contributed by atoms with Crippen LogP contribution in [0.5, 0.6) is 0 Å². The molecule has 1 aliphatic rings. The fourth-order valence-electron chi connectivity index (χ4n) is 2.94. The van der Waals surface area contributed by atoms with Gasteiger partial charge in [0.2, 0.25) is 0 Å². The van der Waals surface area contributed by atoms with Crippen molar-refractivity contribution in [3.63, 3.8) is 0 Å². The largest absolute Gasteiger partial charge is 0.355 e. The molecule has 1 heterocycles. The maximum atomic E-state index is 13.1. The lowest BCUT2D eigenvalue weighted by atomic mass is 10.1. The number of hydrogen-bond acceptors (Lipinski definition) is 3. The van der Waals surface area contributed by atoms with E-state index >= 15 is 0 Å². The Labute approximate surface area is 149 Å². The van der Waals surface area contributed by atoms with E-state index in [0.717, 1.165) is 18.1 Å². The van der Waals surface area contributed by atoms with E-state index in [1.807, 2.05) is 38.0 Å². The van der Waals surface area contributed by atoms with Gasteiger partial charge >= 0.3 is 0 Å². The van der Waals surface area contributed by atoms with Crippen molar-refractivity contribution in [3.05, 3.63) is 35.6 Å². The molecule has 1 fully saturated rings. The first-order chi connectivity index (χ1) is 11.4. The summed E-state index contributed by atoms with van der Waals surface area (Å²) in [5.41, 5.74) is 1.09. The van der Waals surface area contributed by atoms with Crippen LogP contribution in [0, 0.1) is 5.82 Å². The van der Waals surface area contributed by atoms with Crippen molar-refractivity contribution in [2.24, 2.45) is 4.99 Å². The Hall–Kier alpha value is -1.27. The molecule has 2 N–H and O–H groups in total. The summed E-state index contributed by atoms with van der Waals surface area (Å²) in [6, 6.07) is 6.86. The monoisotopic (exact) mass is 352 g/mol. The number of likely N-dealkylation sites (N-methyl/N-ethyl adjacent to an activating group) is 1. The Morgan fingerprint density at radius 1 is 1.33 bits per heavy atom. The SMILES string of the molecule is CN=C(NCC(c1ccc(F)cc1)N(C)C)NCC1(C)CCCS1. The summed E-state index contributed by atoms with van der Waals surface area (Å²) >= 11 is 2.04. The molecule has 0 amide bonds. The predicted molar refractivity (Wildman–Crippen MR) is 102 cm³/mol. The number of thioether (sulfide) groups is 1. The molecule has 2 atom stereocenters. The molecular weight excluding hydrogens is 323 g/mol. The van der Waals surface area contributed by atoms with E-state index in [2.05, 4.69) is 27.4 Å². The van der Waals surface area contributed by atoms with E-state index in [1.54, 1.807) is 7.05 Å². The first-order valence-electron chi connectivity index (χ1n) is 8.44. The Kier molecular flexibility index (Phi) is 6.92. The van der Waals surface area contributed by atoms with Gasteiger partial charge in [-0.3, -0.25) is 4.99 Å². The Morgan fingerprint density at radius 3 is 2.58 bits per heavy atom. The lowest BCUT2D eigenvalue weighted by molar-refractivity contribution is 0.298. The second-order valence-corrected chi connectivity index (χ2v) is 8.42. The second kappa shape index (κ2) is 8.72. The van der Waals surface area contributed by atoms with Gasteiger partial charge < -0.3 is 15.5 Å². The van der Waals surface area contributed by atoms with Crippen molar-refractivity contribution in [1.29, 1.82) is 0 Å². The zero-order valence-electron chi connectivity index (χ0n) is 15.1. The summed E-state index contributed by atoms with van der Waals surface area (Å²) in [5, 5.41) is 6.85. The first kappa shape index (κ1) is 19.1. The third-order valence-electron chi connectivity index (χ3n) is 4.49. The number of nitrogens with one attached hydrogen (secondary N) is 2. The highest BCUT2D eigenvalue weighted by atomic mass is 32.2. The molecule has 2 rings (SSSR count). The zero-order chi connectivity index (χ0) is 17.6. The Bertz CT molecular complexity index is 538. The van der Waals surface area contributed by atoms with Crippen molar-refractivity contribution in [3.8, 4) is 0 Å². The maximum Gasteiger partial charge on any atom is 0.191 e. The van der Waals surface area contributed by atoms with E-state index < -0.39 is 0 Å². The van der Waals surface area contributed by atoms with Gasteiger partial charge in [0.1, 0.15) is 5.82 Å². The zero-order valence-corrected chi connectivity index (χ0v) is 15.9. The summed E-state index contributed by atoms with van der Waals surface area (Å²) in [4.78, 5) is 6.45. The van der Waals surface area contributed by atoms with Crippen LogP contribution in [0.4, 0.5) is 4.39 Å². The van der Waals surface area contributed by atoms with Crippen LogP contribution in [0.1, 0.15) is 31.4 Å². The van der Waals surface area contributed by atoms with E-state index in [-0.39, 0.29) is 11.9 Å². The van der Waals surface area contributed by atoms with Crippen LogP contribution in [0.25, 0.3) is 0 Å². The molecule has 1 aliphatic heterocycles. The molecule has 6 heteroatoms. The van der Waals surface area contributed by atoms with Crippen LogP contribution in [0.3, 0.4) is 0 Å². The highest BCUT2D eigenvalue weighted by Gasteiger charge is 2.29. The number of rotatable bonds is 6. The fourth-order valence-corrected chi connectivity index (χ4v) is 4.19. The molecule has 0 aliphatic carbocycles. The lowest BCUT2D eigenvalue weighted by Gasteiger charge is -2.28. The molecule has 1 aromatic carbocycles. The second-order valence-electron chi connectivity index (χ2n) is 6.74. The quantitative estimate of drug-likeness (QED) is 0.610. The van der Waals surface area contributed by atoms with Gasteiger partial charge in [0.25, 0.3) is 0 Å². The number of nitrogens with zero attached hydrogens (tertiary/aromatic N) is 2. The molecule has 1 saturated heterocycles. The minimum absolute atomic E-state index is 0.153. The molecule has 0 bridgehead atoms. The van der Waals surface area contributed by atoms with Crippen molar-refractivity contribution in [2.75, 3.05) is 40.0 Å². The maximum absolute atomic E-state index is 13.1. The summed E-state index contributed by atoms with van der Waals surface area (Å²) in [6.45, 7) is 3.94. The van der Waals surface area contributed by atoms with Crippen LogP contribution in [0.2, 0.25) is 0 Å². The molecule has 0 saturated carbocycles. The van der Waals surface area contributed by atoms with Crippen molar-refractivity contribution in [1.82, 2.24) is 15.5 Å². The average Bonchev–Trinajstić information content (AvgIpc) is 2.99. The number of hydrogen-bond donors (Lipinski definition) is 2. The van der Waals surface area contributed by atoms with Gasteiger partial charge in [-0.2, -0.15) is 11.8 Å². The van der Waals surface area contributed by atoms with Crippen LogP contribution < -0.4 is 10.6 Å². The van der Waals surface area contributed by atoms with E-state index in [0.29, 0.717) is 11.3 Å². The third-order valence-corrected chi connectivity index (χ3v) is 6.03. The molecule has 0 radical (unpaired) electrons. The topological polar surface area (TPSA) is 39.7 Å². The van der Waals surface area contributed by atoms with E-state index in [9.17, 15) is 4.39 Å². The Morgan fingerprint density at radius 2 is 2.04 bits per heavy atom. The minimum atomic E-state index is -0.205. The van der Waals surface area contributed by atoms with Gasteiger partial charge in [0.05, 0.1) is 6.04 Å². The lowest BCUT2D eigenvalue weighted by Crippen LogP contribution is -2.45. The molecule has 24 heavy (non-hydrogen) atoms. The Balaban J connectivity index is 1.90. The summed E-state index contributed by atoms with van der Waals surface area (Å²) in [6.07, 6.45) is 2.54. The smallest absolute Gasteiger partial charge is 0.191 e. The predicted octanol–water partition coefficient (Wildman–Crippen LogP) is 2.88. The minimum Gasteiger partial charge on any atom is -0.355 e. The summed E-state index contributed by atoms with van der Waals surface area (Å²) in [5.74, 6) is 1.86. The van der Waals surface area contributed by atoms with Crippen molar-refractivity contribution >= 4 is 17.7 Å². The van der Waals surface area contributed by atoms with Gasteiger partial charge in [-0.1, -0.05) is 12.1 Å². The van der Waals surface area contributed by atoms with Gasteiger partial charge in [-0.25, -0.2) is 4.39 Å². The average molecular weight is 353 g/mol. The molecule has 0 spiro atoms. The van der Waals surface area contributed by atoms with Crippen LogP contribution in [-0.2, 0) is 0 Å². The van der Waals surface area contributed by atoms with Crippen molar-refractivity contribution < 1.29 is 4.39 Å². The van der Waals surface area contributed by atoms with Crippen LogP contribution in [-0.4, -0.2) is 55.6 Å². The fraction of sp³-hybridized carbons (Fsp3) is 0.611. The molecule has 134 valence electrons. The standard InChI is InChI=1S/C18H29FN4S/c1-18(10-5-11-24-18)13-22-17(20-2)21-12-16(23(3)4)14-6-8-15(19)9-7-14/h6-9,16H,5,10-13H2,1-4H3,(H2,20,21,22). The number of guanidine groups is 1. The molecular formula is C18H29FN4S. The van der Waals surface area contributed by atoms with Gasteiger partial charge in [-0.15, -0.1) is 0 Å². The highest BCUT2D eigenvalue weighted by Crippen LogP contribution is 2.36. The molecule has 4 nitrogen and oxygen atoms in total. The first-order valence-corrected chi connectivity index (χ1v) is 9.42. The van der Waals surface area contributed by atoms with Gasteiger partial charge in [0.15, 0.2) is 5.96 Å². The molecule has 1 aromatic rings. The van der Waals surface area contributed by atoms with E-state index in [4.69, 9.17) is 0 Å². The molecule has 0 aromatic heterocycles. The van der Waals surface area contributed by atoms with Gasteiger partial charge in [0, 0.05) is 24.9 Å². The number of halogens is 1. The summed E-state index contributed by atoms with van der Waals surface area (Å²) in [7, 11) is 5.85. The van der Waals surface area contributed by atoms with Crippen molar-refractivity contribution in [2.45, 2.75) is 30.6 Å². The van der Waals surface area contributed by atoms with Crippen LogP contribution in [0.15, 0.2) is 29.3 Å². The molecule has 2 unspecified atom stereocenters. The van der Waals surface area contributed by atoms with Crippen LogP contribution >= 0.6 is 11.8 Å².